The maximum Gasteiger partial charge on any atom is 0.422 e. The molecule has 1 aromatic rings. The minimum atomic E-state index is -5.70. The van der Waals surface area contributed by atoms with Crippen LogP contribution in [0.3, 0.4) is 0 Å². The fraction of sp³-hybridized carbons (Fsp3) is 0.500. The molecule has 1 aromatic carbocycles. The number of hydrogen-bond donors (Lipinski definition) is 1. The minimum Gasteiger partial charge on any atom is -0.321 e. The van der Waals surface area contributed by atoms with Crippen molar-refractivity contribution in [3.8, 4) is 0 Å². The van der Waals surface area contributed by atoms with Gasteiger partial charge in [-0.3, -0.25) is 19.3 Å². The summed E-state index contributed by atoms with van der Waals surface area (Å²) in [5.41, 5.74) is -4.48. The van der Waals surface area contributed by atoms with Gasteiger partial charge in [0.05, 0.1) is 11.8 Å². The summed E-state index contributed by atoms with van der Waals surface area (Å²) in [6, 6.07) is 0. The number of nitrogens with one attached hydrogen (secondary N) is 1. The largest absolute Gasteiger partial charge is 0.422 e. The number of imide groups is 1. The second-order valence-corrected chi connectivity index (χ2v) is 7.13. The van der Waals surface area contributed by atoms with Crippen LogP contribution in [0.4, 0.5) is 36.4 Å². The summed E-state index contributed by atoms with van der Waals surface area (Å²) < 4.78 is 92.7. The number of fused-ring (bicyclic) bond motifs is 1. The molecule has 1 aliphatic heterocycles. The summed E-state index contributed by atoms with van der Waals surface area (Å²) in [6.45, 7) is -0.439. The molecular weight excluding hydrogens is 425 g/mol. The van der Waals surface area contributed by atoms with E-state index < -0.39 is 83.2 Å². The Morgan fingerprint density at radius 1 is 0.900 bits per heavy atom. The minimum absolute atomic E-state index is 0.439. The molecule has 0 bridgehead atoms. The normalized spacial score (nSPS) is 21.8. The van der Waals surface area contributed by atoms with E-state index >= 15 is 0 Å². The van der Waals surface area contributed by atoms with E-state index in [-0.39, 0.29) is 0 Å². The van der Waals surface area contributed by atoms with Crippen molar-refractivity contribution < 1.29 is 45.1 Å². The third-order valence-electron chi connectivity index (χ3n) is 5.31. The third-order valence-corrected chi connectivity index (χ3v) is 5.31. The standard InChI is InChI=1S/C18H15F7N2O3/c19-11-10(18(23,24)25)12(20)14(22)15(13(11)21)26-9(28)5-6-27-16(29)7-3-1-2-4-8(7)17(27)30/h7-8H,1-6H2,(H,26,28)/t7-,8-/m1/s1. The van der Waals surface area contributed by atoms with Crippen molar-refractivity contribution in [3.63, 3.8) is 0 Å². The lowest BCUT2D eigenvalue weighted by molar-refractivity contribution is -0.143. The Labute approximate surface area is 165 Å². The summed E-state index contributed by atoms with van der Waals surface area (Å²) in [6.07, 6.45) is -3.77. The van der Waals surface area contributed by atoms with Crippen LogP contribution in [0.5, 0.6) is 0 Å². The van der Waals surface area contributed by atoms with E-state index in [1.807, 2.05) is 0 Å². The molecule has 1 N–H and O–H groups in total. The smallest absolute Gasteiger partial charge is 0.321 e. The molecule has 2 atom stereocenters. The lowest BCUT2D eigenvalue weighted by Gasteiger charge is -2.19. The van der Waals surface area contributed by atoms with E-state index in [0.717, 1.165) is 17.7 Å². The van der Waals surface area contributed by atoms with Crippen LogP contribution in [0.25, 0.3) is 0 Å². The Morgan fingerprint density at radius 2 is 1.37 bits per heavy atom. The Bertz CT molecular complexity index is 863. The second-order valence-electron chi connectivity index (χ2n) is 7.13. The fourth-order valence-corrected chi connectivity index (χ4v) is 3.86. The van der Waals surface area contributed by atoms with Gasteiger partial charge in [-0.05, 0) is 12.8 Å². The number of carbonyl (C=O) groups is 3. The number of amides is 3. The molecule has 2 aliphatic rings. The van der Waals surface area contributed by atoms with Gasteiger partial charge in [0.1, 0.15) is 11.3 Å². The van der Waals surface area contributed by atoms with Gasteiger partial charge in [0.15, 0.2) is 23.3 Å². The van der Waals surface area contributed by atoms with Gasteiger partial charge in [0.25, 0.3) is 0 Å². The van der Waals surface area contributed by atoms with Gasteiger partial charge in [0, 0.05) is 13.0 Å². The van der Waals surface area contributed by atoms with Crippen LogP contribution >= 0.6 is 0 Å². The fourth-order valence-electron chi connectivity index (χ4n) is 3.86. The highest BCUT2D eigenvalue weighted by atomic mass is 19.4. The highest BCUT2D eigenvalue weighted by Gasteiger charge is 2.48. The van der Waals surface area contributed by atoms with Gasteiger partial charge in [-0.1, -0.05) is 12.8 Å². The highest BCUT2D eigenvalue weighted by molar-refractivity contribution is 6.05. The van der Waals surface area contributed by atoms with Crippen molar-refractivity contribution in [2.24, 2.45) is 11.8 Å². The zero-order chi connectivity index (χ0) is 22.4. The number of benzene rings is 1. The number of halogens is 7. The van der Waals surface area contributed by atoms with Gasteiger partial charge in [-0.15, -0.1) is 0 Å². The van der Waals surface area contributed by atoms with Crippen molar-refractivity contribution in [1.29, 1.82) is 0 Å². The summed E-state index contributed by atoms with van der Waals surface area (Å²) in [7, 11) is 0. The maximum absolute atomic E-state index is 13.8. The van der Waals surface area contributed by atoms with Crippen LogP contribution in [0.15, 0.2) is 0 Å². The molecule has 3 amide bonds. The molecular formula is C18H15F7N2O3. The third kappa shape index (κ3) is 3.74. The van der Waals surface area contributed by atoms with E-state index in [1.54, 1.807) is 0 Å². The van der Waals surface area contributed by atoms with Gasteiger partial charge in [0.2, 0.25) is 17.7 Å². The van der Waals surface area contributed by atoms with E-state index in [9.17, 15) is 45.1 Å². The van der Waals surface area contributed by atoms with Crippen LogP contribution in [0.2, 0.25) is 0 Å². The number of carbonyl (C=O) groups excluding carboxylic acids is 3. The van der Waals surface area contributed by atoms with Crippen molar-refractivity contribution in [2.45, 2.75) is 38.3 Å². The molecule has 0 spiro atoms. The van der Waals surface area contributed by atoms with E-state index in [0.29, 0.717) is 12.8 Å². The van der Waals surface area contributed by atoms with Gasteiger partial charge < -0.3 is 5.32 Å². The summed E-state index contributed by atoms with van der Waals surface area (Å²) >= 11 is 0. The lowest BCUT2D eigenvalue weighted by Crippen LogP contribution is -2.34. The van der Waals surface area contributed by atoms with Gasteiger partial charge >= 0.3 is 6.18 Å². The topological polar surface area (TPSA) is 66.5 Å². The molecule has 0 aromatic heterocycles. The average Bonchev–Trinajstić information content (AvgIpc) is 2.92. The molecule has 5 nitrogen and oxygen atoms in total. The molecule has 3 rings (SSSR count). The van der Waals surface area contributed by atoms with E-state index in [2.05, 4.69) is 0 Å². The summed E-state index contributed by atoms with van der Waals surface area (Å²) in [4.78, 5) is 37.4. The van der Waals surface area contributed by atoms with E-state index in [4.69, 9.17) is 0 Å². The first-order valence-corrected chi connectivity index (χ1v) is 9.03. The highest BCUT2D eigenvalue weighted by Crippen LogP contribution is 2.39. The van der Waals surface area contributed by atoms with Crippen LogP contribution < -0.4 is 5.32 Å². The molecule has 1 saturated carbocycles. The predicted octanol–water partition coefficient (Wildman–Crippen LogP) is 3.77. The number of hydrogen-bond acceptors (Lipinski definition) is 3. The number of nitrogens with zero attached hydrogens (tertiary/aromatic N) is 1. The SMILES string of the molecule is O=C(CCN1C(=O)[C@@H]2CCCC[C@H]2C1=O)Nc1c(F)c(F)c(C(F)(F)F)c(F)c1F. The zero-order valence-corrected chi connectivity index (χ0v) is 15.2. The molecule has 1 aliphatic carbocycles. The van der Waals surface area contributed by atoms with Gasteiger partial charge in [-0.25, -0.2) is 17.6 Å². The number of rotatable bonds is 4. The molecule has 12 heteroatoms. The van der Waals surface area contributed by atoms with Crippen molar-refractivity contribution in [2.75, 3.05) is 11.9 Å². The van der Waals surface area contributed by atoms with Crippen LogP contribution in [0.1, 0.15) is 37.7 Å². The van der Waals surface area contributed by atoms with Crippen molar-refractivity contribution in [3.05, 3.63) is 28.8 Å². The number of anilines is 1. The number of likely N-dealkylation sites (tertiary alicyclic amines) is 1. The van der Waals surface area contributed by atoms with Crippen molar-refractivity contribution in [1.82, 2.24) is 4.90 Å². The molecule has 0 radical (unpaired) electrons. The maximum atomic E-state index is 13.8. The van der Waals surface area contributed by atoms with Gasteiger partial charge in [-0.2, -0.15) is 13.2 Å². The Hall–Kier alpha value is -2.66. The molecule has 2 fully saturated rings. The van der Waals surface area contributed by atoms with Crippen LogP contribution in [-0.4, -0.2) is 29.2 Å². The molecule has 164 valence electrons. The molecule has 1 saturated heterocycles. The Balaban J connectivity index is 1.73. The monoisotopic (exact) mass is 440 g/mol. The Kier molecular flexibility index (Phi) is 5.79. The Morgan fingerprint density at radius 3 is 1.80 bits per heavy atom. The number of alkyl halides is 3. The van der Waals surface area contributed by atoms with E-state index in [1.165, 1.54) is 5.32 Å². The second kappa shape index (κ2) is 7.88. The zero-order valence-electron chi connectivity index (χ0n) is 15.2. The predicted molar refractivity (Wildman–Crippen MR) is 86.7 cm³/mol. The average molecular weight is 440 g/mol. The summed E-state index contributed by atoms with van der Waals surface area (Å²) in [5, 5.41) is 1.47. The molecule has 0 unspecified atom stereocenters. The first kappa shape index (κ1) is 22.0. The lowest BCUT2D eigenvalue weighted by atomic mass is 9.81. The molecule has 1 heterocycles. The van der Waals surface area contributed by atoms with Crippen LogP contribution in [-0.2, 0) is 20.6 Å². The molecule has 30 heavy (non-hydrogen) atoms. The van der Waals surface area contributed by atoms with Crippen molar-refractivity contribution >= 4 is 23.4 Å². The van der Waals surface area contributed by atoms with Crippen LogP contribution in [0, 0.1) is 35.1 Å². The first-order valence-electron chi connectivity index (χ1n) is 9.03. The quantitative estimate of drug-likeness (QED) is 0.441. The first-order chi connectivity index (χ1) is 13.9. The summed E-state index contributed by atoms with van der Waals surface area (Å²) in [5.74, 6) is -13.4.